The summed E-state index contributed by atoms with van der Waals surface area (Å²) in [7, 11) is 0. The normalized spacial score (nSPS) is 20.6. The summed E-state index contributed by atoms with van der Waals surface area (Å²) in [5.41, 5.74) is -0.567. The van der Waals surface area contributed by atoms with E-state index in [0.29, 0.717) is 5.56 Å². The summed E-state index contributed by atoms with van der Waals surface area (Å²) in [4.78, 5) is 12.1. The lowest BCUT2D eigenvalue weighted by Crippen LogP contribution is -2.28. The Kier molecular flexibility index (Phi) is 3.35. The SMILES string of the molecule is CC(C1C(=O)Nc2c1cccc2C(F)(F)F)C(C)(C)C. The van der Waals surface area contributed by atoms with Crippen LogP contribution in [-0.4, -0.2) is 5.91 Å². The molecule has 0 saturated carbocycles. The number of benzene rings is 1. The van der Waals surface area contributed by atoms with E-state index < -0.39 is 17.7 Å². The fourth-order valence-corrected chi connectivity index (χ4v) is 2.54. The largest absolute Gasteiger partial charge is 0.418 e. The van der Waals surface area contributed by atoms with Crippen LogP contribution in [0.25, 0.3) is 0 Å². The number of para-hydroxylation sites is 1. The fourth-order valence-electron chi connectivity index (χ4n) is 2.54. The van der Waals surface area contributed by atoms with Gasteiger partial charge in [0, 0.05) is 0 Å². The average Bonchev–Trinajstić information content (AvgIpc) is 2.60. The van der Waals surface area contributed by atoms with Crippen molar-refractivity contribution in [2.75, 3.05) is 5.32 Å². The molecule has 2 atom stereocenters. The van der Waals surface area contributed by atoms with Crippen LogP contribution in [0, 0.1) is 11.3 Å². The van der Waals surface area contributed by atoms with Crippen LogP contribution in [-0.2, 0) is 11.0 Å². The number of anilines is 1. The lowest BCUT2D eigenvalue weighted by Gasteiger charge is -2.31. The van der Waals surface area contributed by atoms with Crippen LogP contribution in [0.4, 0.5) is 18.9 Å². The Bertz CT molecular complexity index is 543. The first-order chi connectivity index (χ1) is 9.03. The van der Waals surface area contributed by atoms with E-state index in [4.69, 9.17) is 0 Å². The molecule has 0 fully saturated rings. The highest BCUT2D eigenvalue weighted by atomic mass is 19.4. The third kappa shape index (κ3) is 2.41. The Labute approximate surface area is 116 Å². The Morgan fingerprint density at radius 2 is 1.80 bits per heavy atom. The quantitative estimate of drug-likeness (QED) is 0.813. The zero-order valence-corrected chi connectivity index (χ0v) is 11.9. The summed E-state index contributed by atoms with van der Waals surface area (Å²) in [5.74, 6) is -0.946. The van der Waals surface area contributed by atoms with Crippen molar-refractivity contribution in [3.05, 3.63) is 29.3 Å². The van der Waals surface area contributed by atoms with Crippen LogP contribution in [0.2, 0.25) is 0 Å². The first-order valence-corrected chi connectivity index (χ1v) is 6.54. The van der Waals surface area contributed by atoms with Crippen LogP contribution in [0.15, 0.2) is 18.2 Å². The number of amides is 1. The second-order valence-corrected chi connectivity index (χ2v) is 6.39. The summed E-state index contributed by atoms with van der Waals surface area (Å²) in [6.45, 7) is 7.85. The van der Waals surface area contributed by atoms with E-state index in [1.165, 1.54) is 6.07 Å². The maximum atomic E-state index is 13.0. The summed E-state index contributed by atoms with van der Waals surface area (Å²) in [5, 5.41) is 2.42. The smallest absolute Gasteiger partial charge is 0.325 e. The molecule has 110 valence electrons. The zero-order valence-electron chi connectivity index (χ0n) is 11.9. The first kappa shape index (κ1) is 14.9. The van der Waals surface area contributed by atoms with Crippen molar-refractivity contribution >= 4 is 11.6 Å². The van der Waals surface area contributed by atoms with Crippen LogP contribution >= 0.6 is 0 Å². The minimum atomic E-state index is -4.46. The monoisotopic (exact) mass is 285 g/mol. The second-order valence-electron chi connectivity index (χ2n) is 6.39. The second kappa shape index (κ2) is 4.50. The van der Waals surface area contributed by atoms with Gasteiger partial charge in [-0.15, -0.1) is 0 Å². The van der Waals surface area contributed by atoms with Crippen molar-refractivity contribution in [3.8, 4) is 0 Å². The van der Waals surface area contributed by atoms with Gasteiger partial charge in [-0.2, -0.15) is 13.2 Å². The zero-order chi connectivity index (χ0) is 15.3. The Morgan fingerprint density at radius 3 is 2.30 bits per heavy atom. The molecule has 1 heterocycles. The predicted octanol–water partition coefficient (Wildman–Crippen LogP) is 4.42. The van der Waals surface area contributed by atoms with E-state index in [1.54, 1.807) is 6.07 Å². The number of rotatable bonds is 1. The molecule has 0 saturated heterocycles. The molecule has 0 bridgehead atoms. The standard InChI is InChI=1S/C15H18F3NO/c1-8(14(2,3)4)11-9-6-5-7-10(15(16,17)18)12(9)19-13(11)20/h5-8,11H,1-4H3,(H,19,20). The van der Waals surface area contributed by atoms with Crippen molar-refractivity contribution < 1.29 is 18.0 Å². The van der Waals surface area contributed by atoms with Crippen molar-refractivity contribution in [1.82, 2.24) is 0 Å². The van der Waals surface area contributed by atoms with Gasteiger partial charge in [0.25, 0.3) is 0 Å². The third-order valence-corrected chi connectivity index (χ3v) is 4.13. The molecule has 20 heavy (non-hydrogen) atoms. The van der Waals surface area contributed by atoms with E-state index in [2.05, 4.69) is 5.32 Å². The van der Waals surface area contributed by atoms with Gasteiger partial charge in [0.15, 0.2) is 0 Å². The van der Waals surface area contributed by atoms with E-state index >= 15 is 0 Å². The van der Waals surface area contributed by atoms with E-state index in [-0.39, 0.29) is 22.9 Å². The number of alkyl halides is 3. The minimum Gasteiger partial charge on any atom is -0.325 e. The number of hydrogen-bond acceptors (Lipinski definition) is 1. The maximum absolute atomic E-state index is 13.0. The van der Waals surface area contributed by atoms with Gasteiger partial charge in [-0.25, -0.2) is 0 Å². The summed E-state index contributed by atoms with van der Waals surface area (Å²) < 4.78 is 38.9. The molecule has 1 aromatic carbocycles. The summed E-state index contributed by atoms with van der Waals surface area (Å²) in [6.07, 6.45) is -4.46. The topological polar surface area (TPSA) is 29.1 Å². The lowest BCUT2D eigenvalue weighted by atomic mass is 9.72. The number of fused-ring (bicyclic) bond motifs is 1. The molecule has 0 aromatic heterocycles. The van der Waals surface area contributed by atoms with Gasteiger partial charge in [-0.3, -0.25) is 4.79 Å². The Hall–Kier alpha value is -1.52. The van der Waals surface area contributed by atoms with Gasteiger partial charge in [-0.05, 0) is 23.0 Å². The van der Waals surface area contributed by atoms with Gasteiger partial charge in [0.2, 0.25) is 5.91 Å². The van der Waals surface area contributed by atoms with Crippen LogP contribution in [0.3, 0.4) is 0 Å². The minimum absolute atomic E-state index is 0.0627. The van der Waals surface area contributed by atoms with Gasteiger partial charge >= 0.3 is 6.18 Å². The lowest BCUT2D eigenvalue weighted by molar-refractivity contribution is -0.136. The average molecular weight is 285 g/mol. The molecular formula is C15H18F3NO. The molecule has 2 nitrogen and oxygen atoms in total. The van der Waals surface area contributed by atoms with Crippen molar-refractivity contribution in [3.63, 3.8) is 0 Å². The van der Waals surface area contributed by atoms with Gasteiger partial charge in [-0.1, -0.05) is 39.8 Å². The van der Waals surface area contributed by atoms with Crippen LogP contribution < -0.4 is 5.32 Å². The molecule has 1 aromatic rings. The van der Waals surface area contributed by atoms with Crippen LogP contribution in [0.5, 0.6) is 0 Å². The molecule has 2 rings (SSSR count). The third-order valence-electron chi connectivity index (χ3n) is 4.13. The predicted molar refractivity (Wildman–Crippen MR) is 71.4 cm³/mol. The highest BCUT2D eigenvalue weighted by molar-refractivity contribution is 6.04. The van der Waals surface area contributed by atoms with Gasteiger partial charge in [0.1, 0.15) is 0 Å². The molecule has 1 N–H and O–H groups in total. The molecule has 0 aliphatic carbocycles. The van der Waals surface area contributed by atoms with Gasteiger partial charge < -0.3 is 5.32 Å². The fraction of sp³-hybridized carbons (Fsp3) is 0.533. The van der Waals surface area contributed by atoms with E-state index in [1.807, 2.05) is 27.7 Å². The Balaban J connectivity index is 2.53. The highest BCUT2D eigenvalue weighted by Gasteiger charge is 2.44. The number of carbonyl (C=O) groups is 1. The summed E-state index contributed by atoms with van der Waals surface area (Å²) in [6, 6.07) is 3.98. The molecule has 5 heteroatoms. The maximum Gasteiger partial charge on any atom is 0.418 e. The van der Waals surface area contributed by atoms with E-state index in [9.17, 15) is 18.0 Å². The first-order valence-electron chi connectivity index (χ1n) is 6.54. The highest BCUT2D eigenvalue weighted by Crippen LogP contribution is 2.48. The van der Waals surface area contributed by atoms with Crippen molar-refractivity contribution in [2.45, 2.75) is 39.8 Å². The molecule has 0 radical (unpaired) electrons. The molecule has 1 aliphatic rings. The van der Waals surface area contributed by atoms with Crippen LogP contribution in [0.1, 0.15) is 44.7 Å². The Morgan fingerprint density at radius 1 is 1.20 bits per heavy atom. The molecule has 2 unspecified atom stereocenters. The number of carbonyl (C=O) groups excluding carboxylic acids is 1. The van der Waals surface area contributed by atoms with Crippen molar-refractivity contribution in [2.24, 2.45) is 11.3 Å². The summed E-state index contributed by atoms with van der Waals surface area (Å²) >= 11 is 0. The number of nitrogens with one attached hydrogen (secondary N) is 1. The molecule has 1 aliphatic heterocycles. The molecule has 0 spiro atoms. The van der Waals surface area contributed by atoms with Crippen molar-refractivity contribution in [1.29, 1.82) is 0 Å². The molecular weight excluding hydrogens is 267 g/mol. The van der Waals surface area contributed by atoms with E-state index in [0.717, 1.165) is 6.07 Å². The van der Waals surface area contributed by atoms with Gasteiger partial charge in [0.05, 0.1) is 17.2 Å². The number of halogens is 3. The molecule has 1 amide bonds. The number of hydrogen-bond donors (Lipinski definition) is 1.